The van der Waals surface area contributed by atoms with Crippen LogP contribution >= 0.6 is 34.8 Å². The van der Waals surface area contributed by atoms with Crippen molar-refractivity contribution < 1.29 is 4.79 Å². The summed E-state index contributed by atoms with van der Waals surface area (Å²) in [7, 11) is 0. The average Bonchev–Trinajstić information content (AvgIpc) is 2.45. The van der Waals surface area contributed by atoms with Gasteiger partial charge in [0, 0.05) is 37.4 Å². The Morgan fingerprint density at radius 1 is 1.14 bits per heavy atom. The topological polar surface area (TPSA) is 29.1 Å². The van der Waals surface area contributed by atoms with Gasteiger partial charge in [-0.05, 0) is 31.8 Å². The minimum Gasteiger partial charge on any atom is -0.354 e. The Labute approximate surface area is 148 Å². The third kappa shape index (κ3) is 15.3. The highest BCUT2D eigenvalue weighted by Gasteiger charge is 2.08. The van der Waals surface area contributed by atoms with Crippen molar-refractivity contribution in [2.45, 2.75) is 51.5 Å². The van der Waals surface area contributed by atoms with E-state index < -0.39 is 0 Å². The number of allylic oxidation sites excluding steroid dienone is 2. The first kappa shape index (κ1) is 20.9. The average molecular weight is 361 g/mol. The summed E-state index contributed by atoms with van der Waals surface area (Å²) >= 11 is 16.3. The molecule has 0 aliphatic rings. The number of halogens is 3. The molecule has 1 unspecified atom stereocenters. The molecule has 120 valence electrons. The summed E-state index contributed by atoms with van der Waals surface area (Å²) in [5.74, 6) is 11.6. The summed E-state index contributed by atoms with van der Waals surface area (Å²) in [6.45, 7) is 1.53. The zero-order valence-corrected chi connectivity index (χ0v) is 14.9. The van der Waals surface area contributed by atoms with Gasteiger partial charge in [-0.3, -0.25) is 4.79 Å². The molecular weight excluding hydrogens is 341 g/mol. The molecule has 1 amide bonds. The van der Waals surface area contributed by atoms with Crippen molar-refractivity contribution in [3.63, 3.8) is 0 Å². The van der Waals surface area contributed by atoms with Crippen LogP contribution < -0.4 is 5.32 Å². The first-order chi connectivity index (χ1) is 10.6. The highest BCUT2D eigenvalue weighted by molar-refractivity contribution is 6.56. The Kier molecular flexibility index (Phi) is 14.1. The third-order valence-electron chi connectivity index (χ3n) is 2.65. The Balaban J connectivity index is 4.07. The number of rotatable bonds is 7. The smallest absolute Gasteiger partial charge is 0.217 e. The molecule has 0 fully saturated rings. The van der Waals surface area contributed by atoms with Gasteiger partial charge in [-0.25, -0.2) is 0 Å². The lowest BCUT2D eigenvalue weighted by atomic mass is 10.0. The second-order valence-electron chi connectivity index (χ2n) is 4.55. The minimum atomic E-state index is -0.0101. The lowest BCUT2D eigenvalue weighted by Crippen LogP contribution is -2.32. The Hall–Kier alpha value is -1.06. The first-order valence-corrected chi connectivity index (χ1v) is 8.25. The Morgan fingerprint density at radius 2 is 1.73 bits per heavy atom. The van der Waals surface area contributed by atoms with Crippen molar-refractivity contribution in [3.8, 4) is 23.7 Å². The van der Waals surface area contributed by atoms with E-state index in [1.807, 2.05) is 0 Å². The molecule has 0 rings (SSSR count). The molecule has 0 heterocycles. The Bertz CT molecular complexity index is 499. The second kappa shape index (κ2) is 14.9. The SMILES string of the molecule is CC(=O)NC(CCCC#CC=C(Cl)Cl)CCCC#C/C=C/Cl. The predicted molar refractivity (Wildman–Crippen MR) is 95.6 cm³/mol. The van der Waals surface area contributed by atoms with Crippen molar-refractivity contribution >= 4 is 40.7 Å². The molecule has 1 N–H and O–H groups in total. The van der Waals surface area contributed by atoms with Crippen LogP contribution in [0.1, 0.15) is 45.4 Å². The maximum absolute atomic E-state index is 11.2. The summed E-state index contributed by atoms with van der Waals surface area (Å²) in [4.78, 5) is 11.2. The van der Waals surface area contributed by atoms with Crippen LogP contribution in [-0.2, 0) is 4.79 Å². The maximum Gasteiger partial charge on any atom is 0.217 e. The van der Waals surface area contributed by atoms with Crippen LogP contribution in [0.15, 0.2) is 22.2 Å². The molecule has 0 aliphatic carbocycles. The van der Waals surface area contributed by atoms with Gasteiger partial charge in [0.25, 0.3) is 0 Å². The molecule has 0 bridgehead atoms. The molecule has 0 aromatic carbocycles. The van der Waals surface area contributed by atoms with Crippen LogP contribution in [0, 0.1) is 23.7 Å². The van der Waals surface area contributed by atoms with E-state index in [4.69, 9.17) is 34.8 Å². The number of carbonyl (C=O) groups excluding carboxylic acids is 1. The van der Waals surface area contributed by atoms with Crippen LogP contribution in [0.3, 0.4) is 0 Å². The van der Waals surface area contributed by atoms with Gasteiger partial charge < -0.3 is 5.32 Å². The molecule has 0 radical (unpaired) electrons. The molecule has 0 saturated heterocycles. The van der Waals surface area contributed by atoms with Crippen LogP contribution in [-0.4, -0.2) is 11.9 Å². The van der Waals surface area contributed by atoms with E-state index in [1.54, 1.807) is 6.08 Å². The van der Waals surface area contributed by atoms with Gasteiger partial charge in [0.2, 0.25) is 5.91 Å². The molecule has 22 heavy (non-hydrogen) atoms. The van der Waals surface area contributed by atoms with Gasteiger partial charge in [-0.1, -0.05) is 58.5 Å². The normalized spacial score (nSPS) is 10.9. The predicted octanol–water partition coefficient (Wildman–Crippen LogP) is 4.91. The quantitative estimate of drug-likeness (QED) is 0.507. The Morgan fingerprint density at radius 3 is 2.23 bits per heavy atom. The van der Waals surface area contributed by atoms with Crippen LogP contribution in [0.25, 0.3) is 0 Å². The first-order valence-electron chi connectivity index (χ1n) is 7.06. The van der Waals surface area contributed by atoms with E-state index in [0.717, 1.165) is 38.5 Å². The molecule has 0 spiro atoms. The van der Waals surface area contributed by atoms with Crippen LogP contribution in [0.5, 0.6) is 0 Å². The number of unbranched alkanes of at least 4 members (excludes halogenated alkanes) is 2. The van der Waals surface area contributed by atoms with E-state index in [9.17, 15) is 4.79 Å². The van der Waals surface area contributed by atoms with Gasteiger partial charge in [-0.15, -0.1) is 0 Å². The lowest BCUT2D eigenvalue weighted by Gasteiger charge is -2.16. The van der Waals surface area contributed by atoms with Crippen molar-refractivity contribution in [2.75, 3.05) is 0 Å². The summed E-state index contributed by atoms with van der Waals surface area (Å²) in [5.41, 5.74) is 1.39. The lowest BCUT2D eigenvalue weighted by molar-refractivity contribution is -0.119. The van der Waals surface area contributed by atoms with Crippen molar-refractivity contribution in [1.29, 1.82) is 0 Å². The van der Waals surface area contributed by atoms with Crippen molar-refractivity contribution in [2.24, 2.45) is 0 Å². The van der Waals surface area contributed by atoms with Gasteiger partial charge in [0.1, 0.15) is 4.49 Å². The van der Waals surface area contributed by atoms with Crippen LogP contribution in [0.2, 0.25) is 0 Å². The molecule has 5 heteroatoms. The molecule has 0 aromatic heterocycles. The van der Waals surface area contributed by atoms with Gasteiger partial charge in [0.05, 0.1) is 0 Å². The fourth-order valence-corrected chi connectivity index (χ4v) is 1.96. The van der Waals surface area contributed by atoms with E-state index in [-0.39, 0.29) is 16.4 Å². The molecule has 1 atom stereocenters. The number of hydrogen-bond acceptors (Lipinski definition) is 1. The number of amides is 1. The standard InChI is InChI=1S/C17H20Cl3NO/c1-15(22)21-16(11-7-3-2-6-10-14-18)12-8-4-5-9-13-17(19)20/h10,13-14,16H,3-4,7-8,11-12H2,1H3,(H,21,22)/b14-10+. The zero-order valence-electron chi connectivity index (χ0n) is 12.6. The highest BCUT2D eigenvalue weighted by Crippen LogP contribution is 2.09. The van der Waals surface area contributed by atoms with Gasteiger partial charge in [-0.2, -0.15) is 0 Å². The molecule has 0 aromatic rings. The molecule has 0 saturated carbocycles. The fraction of sp³-hybridized carbons (Fsp3) is 0.471. The molecule has 0 aliphatic heterocycles. The second-order valence-corrected chi connectivity index (χ2v) is 5.81. The number of hydrogen-bond donors (Lipinski definition) is 1. The van der Waals surface area contributed by atoms with E-state index >= 15 is 0 Å². The van der Waals surface area contributed by atoms with Gasteiger partial charge >= 0.3 is 0 Å². The maximum atomic E-state index is 11.2. The number of carbonyl (C=O) groups is 1. The van der Waals surface area contributed by atoms with E-state index in [2.05, 4.69) is 29.0 Å². The van der Waals surface area contributed by atoms with E-state index in [1.165, 1.54) is 18.5 Å². The minimum absolute atomic E-state index is 0.0101. The van der Waals surface area contributed by atoms with E-state index in [0.29, 0.717) is 0 Å². The van der Waals surface area contributed by atoms with Crippen LogP contribution in [0.4, 0.5) is 0 Å². The summed E-state index contributed by atoms with van der Waals surface area (Å²) in [6, 6.07) is 0.164. The monoisotopic (exact) mass is 359 g/mol. The summed E-state index contributed by atoms with van der Waals surface area (Å²) < 4.78 is 0.161. The zero-order chi connectivity index (χ0) is 16.6. The third-order valence-corrected chi connectivity index (χ3v) is 2.99. The van der Waals surface area contributed by atoms with Gasteiger partial charge in [0.15, 0.2) is 0 Å². The highest BCUT2D eigenvalue weighted by atomic mass is 35.5. The fourth-order valence-electron chi connectivity index (χ4n) is 1.79. The largest absolute Gasteiger partial charge is 0.354 e. The summed E-state index contributed by atoms with van der Waals surface area (Å²) in [5, 5.41) is 2.97. The van der Waals surface area contributed by atoms with Crippen molar-refractivity contribution in [3.05, 3.63) is 22.2 Å². The molecular formula is C17H20Cl3NO. The van der Waals surface area contributed by atoms with Crippen molar-refractivity contribution in [1.82, 2.24) is 5.32 Å². The molecule has 2 nitrogen and oxygen atoms in total. The summed E-state index contributed by atoms with van der Waals surface area (Å²) in [6.07, 6.45) is 8.23. The number of nitrogens with one attached hydrogen (secondary N) is 1.